The first kappa shape index (κ1) is 50.9. The number of benzene rings is 7. The Morgan fingerprint density at radius 1 is 0.293 bits per heavy atom. The number of aryl methyl sites for hydroxylation is 11. The van der Waals surface area contributed by atoms with Crippen LogP contribution in [0.2, 0.25) is 10.0 Å². The number of hydrogen-bond donors (Lipinski definition) is 0. The highest BCUT2D eigenvalue weighted by Crippen LogP contribution is 2.15. The van der Waals surface area contributed by atoms with Gasteiger partial charge in [0.15, 0.2) is 0 Å². The minimum absolute atomic E-state index is 0.124. The summed E-state index contributed by atoms with van der Waals surface area (Å²) < 4.78 is 37.1. The molecule has 7 aromatic carbocycles. The van der Waals surface area contributed by atoms with Crippen molar-refractivity contribution in [1.29, 1.82) is 0 Å². The lowest BCUT2D eigenvalue weighted by molar-refractivity contribution is 0.617. The van der Waals surface area contributed by atoms with Crippen molar-refractivity contribution in [2.24, 2.45) is 0 Å². The molecule has 0 aliphatic heterocycles. The van der Waals surface area contributed by atoms with Crippen molar-refractivity contribution in [3.63, 3.8) is 0 Å². The zero-order chi connectivity index (χ0) is 43.6. The fourth-order valence-corrected chi connectivity index (χ4v) is 5.04. The van der Waals surface area contributed by atoms with Crippen LogP contribution in [0.3, 0.4) is 0 Å². The molecule has 0 radical (unpaired) electrons. The monoisotopic (exact) mass is 822 g/mol. The van der Waals surface area contributed by atoms with Gasteiger partial charge in [-0.15, -0.1) is 0 Å². The summed E-state index contributed by atoms with van der Waals surface area (Å²) in [7, 11) is 0. The van der Waals surface area contributed by atoms with E-state index in [-0.39, 0.29) is 17.5 Å². The van der Waals surface area contributed by atoms with Crippen molar-refractivity contribution in [2.75, 3.05) is 0 Å². The van der Waals surface area contributed by atoms with Crippen molar-refractivity contribution < 1.29 is 13.2 Å². The third-order valence-corrected chi connectivity index (χ3v) is 8.75. The van der Waals surface area contributed by atoms with Crippen molar-refractivity contribution in [3.8, 4) is 0 Å². The van der Waals surface area contributed by atoms with Crippen LogP contribution >= 0.6 is 23.2 Å². The van der Waals surface area contributed by atoms with Crippen LogP contribution in [0.5, 0.6) is 0 Å². The topological polar surface area (TPSA) is 0 Å². The summed E-state index contributed by atoms with van der Waals surface area (Å²) in [5.41, 5.74) is 12.4. The summed E-state index contributed by atoms with van der Waals surface area (Å²) in [4.78, 5) is 0. The first-order valence-electron chi connectivity index (χ1n) is 19.0. The Morgan fingerprint density at radius 2 is 0.621 bits per heavy atom. The Morgan fingerprint density at radius 3 is 0.897 bits per heavy atom. The van der Waals surface area contributed by atoms with Gasteiger partial charge in [0.05, 0.1) is 0 Å². The molecule has 0 bridgehead atoms. The van der Waals surface area contributed by atoms with Gasteiger partial charge in [-0.1, -0.05) is 183 Å². The molecule has 0 saturated carbocycles. The molecule has 0 aromatic heterocycles. The van der Waals surface area contributed by atoms with E-state index in [0.29, 0.717) is 0 Å². The molecular formula is C53H59Cl2F3. The maximum atomic E-state index is 12.5. The predicted molar refractivity (Wildman–Crippen MR) is 247 cm³/mol. The highest BCUT2D eigenvalue weighted by molar-refractivity contribution is 6.31. The molecule has 0 N–H and O–H groups in total. The average Bonchev–Trinajstić information content (AvgIpc) is 3.17. The van der Waals surface area contributed by atoms with Gasteiger partial charge in [-0.3, -0.25) is 0 Å². The first-order chi connectivity index (χ1) is 27.4. The average molecular weight is 824 g/mol. The summed E-state index contributed by atoms with van der Waals surface area (Å²) in [6.07, 6.45) is 0. The largest absolute Gasteiger partial charge is 0.207 e. The van der Waals surface area contributed by atoms with Crippen LogP contribution in [0, 0.1) is 93.6 Å². The quantitative estimate of drug-likeness (QED) is 0.143. The standard InChI is InChI=1S/C8H9Cl.2C8H9F.C8H10.C7H7Cl.C7H7F.C7H8/c3*1-6-3-4-8(9)7(2)5-6;1-7-4-3-5-8(2)6-7;2*1-6-2-4-7(8)5-3-6;1-7-5-3-2-4-6-7/h3*3-5H,1-2H3;3-6H,1-2H3;2*2-5H,1H3;2-6H,1H3. The number of hydrogen-bond acceptors (Lipinski definition) is 0. The zero-order valence-corrected chi connectivity index (χ0v) is 37.4. The van der Waals surface area contributed by atoms with E-state index in [1.165, 1.54) is 52.1 Å². The van der Waals surface area contributed by atoms with E-state index in [1.807, 2.05) is 101 Å². The van der Waals surface area contributed by atoms with Crippen LogP contribution in [-0.2, 0) is 0 Å². The highest BCUT2D eigenvalue weighted by Gasteiger charge is 1.94. The molecule has 58 heavy (non-hydrogen) atoms. The molecule has 7 aromatic rings. The van der Waals surface area contributed by atoms with Crippen LogP contribution in [0.4, 0.5) is 13.2 Å². The van der Waals surface area contributed by atoms with E-state index in [0.717, 1.165) is 43.4 Å². The van der Waals surface area contributed by atoms with E-state index in [9.17, 15) is 13.2 Å². The minimum atomic E-state index is -0.171. The zero-order valence-electron chi connectivity index (χ0n) is 35.9. The Balaban J connectivity index is 0.000000339. The van der Waals surface area contributed by atoms with Gasteiger partial charge in [-0.2, -0.15) is 0 Å². The van der Waals surface area contributed by atoms with Gasteiger partial charge in [-0.05, 0) is 135 Å². The molecule has 5 heteroatoms. The van der Waals surface area contributed by atoms with Crippen LogP contribution in [0.25, 0.3) is 0 Å². The fraction of sp³-hybridized carbons (Fsp3) is 0.208. The summed E-state index contributed by atoms with van der Waals surface area (Å²) in [6, 6.07) is 49.0. The molecule has 0 nitrogen and oxygen atoms in total. The van der Waals surface area contributed by atoms with Crippen LogP contribution in [-0.4, -0.2) is 0 Å². The first-order valence-corrected chi connectivity index (χ1v) is 19.8. The molecule has 0 spiro atoms. The third kappa shape index (κ3) is 24.5. The van der Waals surface area contributed by atoms with Crippen molar-refractivity contribution >= 4 is 23.2 Å². The lowest BCUT2D eigenvalue weighted by Gasteiger charge is -1.96. The van der Waals surface area contributed by atoms with Crippen LogP contribution in [0.15, 0.2) is 158 Å². The van der Waals surface area contributed by atoms with Gasteiger partial charge >= 0.3 is 0 Å². The second-order valence-corrected chi connectivity index (χ2v) is 15.0. The maximum Gasteiger partial charge on any atom is 0.126 e. The molecule has 0 fully saturated rings. The molecule has 0 saturated heterocycles. The number of halogens is 5. The second-order valence-electron chi connectivity index (χ2n) is 14.2. The van der Waals surface area contributed by atoms with E-state index >= 15 is 0 Å². The summed E-state index contributed by atoms with van der Waals surface area (Å²) >= 11 is 11.4. The fourth-order valence-electron chi connectivity index (χ4n) is 4.79. The Kier molecular flexibility index (Phi) is 24.9. The van der Waals surface area contributed by atoms with E-state index in [1.54, 1.807) is 38.1 Å². The molecule has 0 aliphatic rings. The maximum absolute atomic E-state index is 12.5. The Hall–Kier alpha value is -5.09. The highest BCUT2D eigenvalue weighted by atomic mass is 35.5. The van der Waals surface area contributed by atoms with Crippen molar-refractivity contribution in [1.82, 2.24) is 0 Å². The van der Waals surface area contributed by atoms with Crippen LogP contribution < -0.4 is 0 Å². The smallest absolute Gasteiger partial charge is 0.126 e. The van der Waals surface area contributed by atoms with Gasteiger partial charge < -0.3 is 0 Å². The van der Waals surface area contributed by atoms with Crippen LogP contribution in [0.1, 0.15) is 61.2 Å². The van der Waals surface area contributed by atoms with Gasteiger partial charge in [0.25, 0.3) is 0 Å². The third-order valence-electron chi connectivity index (χ3n) is 8.08. The van der Waals surface area contributed by atoms with Gasteiger partial charge in [0.2, 0.25) is 0 Å². The molecular weight excluding hydrogens is 764 g/mol. The van der Waals surface area contributed by atoms with E-state index in [2.05, 4.69) is 70.2 Å². The number of rotatable bonds is 0. The molecule has 0 unspecified atom stereocenters. The summed E-state index contributed by atoms with van der Waals surface area (Å²) in [6.45, 7) is 21.8. The van der Waals surface area contributed by atoms with Gasteiger partial charge in [-0.25, -0.2) is 13.2 Å². The van der Waals surface area contributed by atoms with Crippen molar-refractivity contribution in [2.45, 2.75) is 76.2 Å². The molecule has 0 amide bonds. The lowest BCUT2D eigenvalue weighted by atomic mass is 10.1. The molecule has 0 heterocycles. The summed E-state index contributed by atoms with van der Waals surface area (Å²) in [5, 5.41) is 1.65. The molecule has 0 atom stereocenters. The normalized spacial score (nSPS) is 9.38. The lowest BCUT2D eigenvalue weighted by Crippen LogP contribution is -1.81. The molecule has 7 rings (SSSR count). The Bertz CT molecular complexity index is 1960. The summed E-state index contributed by atoms with van der Waals surface area (Å²) in [5.74, 6) is -0.420. The van der Waals surface area contributed by atoms with Gasteiger partial charge in [0, 0.05) is 10.0 Å². The second kappa shape index (κ2) is 28.3. The Labute approximate surface area is 357 Å². The van der Waals surface area contributed by atoms with Gasteiger partial charge in [0.1, 0.15) is 17.5 Å². The molecule has 0 aliphatic carbocycles. The SMILES string of the molecule is Cc1ccc(Cl)c(C)c1.Cc1ccc(Cl)cc1.Cc1ccc(F)c(C)c1.Cc1ccc(F)c(C)c1.Cc1ccc(F)cc1.Cc1cccc(C)c1.Cc1ccccc1. The van der Waals surface area contributed by atoms with E-state index < -0.39 is 0 Å². The predicted octanol–water partition coefficient (Wildman–Crippen LogP) is 16.9. The van der Waals surface area contributed by atoms with Crippen molar-refractivity contribution in [3.05, 3.63) is 246 Å². The minimum Gasteiger partial charge on any atom is -0.207 e. The van der Waals surface area contributed by atoms with E-state index in [4.69, 9.17) is 23.2 Å². The molecule has 306 valence electrons.